The Morgan fingerprint density at radius 2 is 1.52 bits per heavy atom. The molecule has 3 aromatic rings. The van der Waals surface area contributed by atoms with Crippen LogP contribution in [0.4, 0.5) is 15.8 Å². The summed E-state index contributed by atoms with van der Waals surface area (Å²) < 4.78 is 12.0. The normalized spacial score (nSPS) is 18.5. The molecule has 1 fully saturated rings. The Bertz CT molecular complexity index is 1250. The van der Waals surface area contributed by atoms with Gasteiger partial charge in [-0.15, -0.1) is 23.2 Å². The lowest BCUT2D eigenvalue weighted by atomic mass is 10.1. The predicted molar refractivity (Wildman–Crippen MR) is 132 cm³/mol. The molecule has 0 spiro atoms. The molecule has 0 aromatic heterocycles. The number of hydrogen-bond donors (Lipinski definition) is 2. The van der Waals surface area contributed by atoms with Crippen LogP contribution in [-0.2, 0) is 4.79 Å². The van der Waals surface area contributed by atoms with Gasteiger partial charge in [0.05, 0.1) is 16.5 Å². The zero-order chi connectivity index (χ0) is 23.9. The highest BCUT2D eigenvalue weighted by molar-refractivity contribution is 6.53. The second-order valence-electron chi connectivity index (χ2n) is 7.48. The van der Waals surface area contributed by atoms with E-state index in [0.717, 1.165) is 0 Å². The maximum absolute atomic E-state index is 13.4. The standard InChI is InChI=1S/C23H14Cl5FN2O2/c24-12-6-11(7-13(25)8-12)19-20(23(19,27)28)22(33)31-16-4-5-18(26)17(10-16)21(32)30-15-3-1-2-14(29)9-15/h1-10,19-20H,(H,30,32)(H,31,33). The molecule has 2 N–H and O–H groups in total. The summed E-state index contributed by atoms with van der Waals surface area (Å²) in [6, 6.07) is 14.7. The number of rotatable bonds is 5. The van der Waals surface area contributed by atoms with Gasteiger partial charge in [-0.3, -0.25) is 9.59 Å². The minimum atomic E-state index is -1.35. The topological polar surface area (TPSA) is 58.2 Å². The van der Waals surface area contributed by atoms with Gasteiger partial charge in [0.25, 0.3) is 5.91 Å². The van der Waals surface area contributed by atoms with Gasteiger partial charge in [0.2, 0.25) is 5.91 Å². The van der Waals surface area contributed by atoms with Crippen LogP contribution in [-0.4, -0.2) is 16.1 Å². The first-order valence-corrected chi connectivity index (χ1v) is 11.5. The Labute approximate surface area is 213 Å². The minimum absolute atomic E-state index is 0.0932. The number of carbonyl (C=O) groups excluding carboxylic acids is 2. The summed E-state index contributed by atoms with van der Waals surface area (Å²) in [4.78, 5) is 25.6. The number of amides is 2. The lowest BCUT2D eigenvalue weighted by Crippen LogP contribution is -2.18. The maximum atomic E-state index is 13.4. The van der Waals surface area contributed by atoms with Crippen LogP contribution in [0, 0.1) is 11.7 Å². The van der Waals surface area contributed by atoms with Crippen LogP contribution in [0.2, 0.25) is 15.1 Å². The first kappa shape index (κ1) is 24.1. The molecule has 0 radical (unpaired) electrons. The number of halogens is 6. The number of carbonyl (C=O) groups is 2. The average Bonchev–Trinajstić information content (AvgIpc) is 3.31. The highest BCUT2D eigenvalue weighted by Crippen LogP contribution is 2.65. The van der Waals surface area contributed by atoms with Crippen LogP contribution >= 0.6 is 58.0 Å². The molecule has 1 aliphatic rings. The third-order valence-corrected chi connectivity index (χ3v) is 6.85. The fraction of sp³-hybridized carbons (Fsp3) is 0.130. The van der Waals surface area contributed by atoms with Crippen molar-refractivity contribution < 1.29 is 14.0 Å². The molecule has 0 aliphatic heterocycles. The van der Waals surface area contributed by atoms with E-state index in [1.807, 2.05) is 0 Å². The van der Waals surface area contributed by atoms with Crippen molar-refractivity contribution in [3.8, 4) is 0 Å². The van der Waals surface area contributed by atoms with Gasteiger partial charge >= 0.3 is 0 Å². The third-order valence-electron chi connectivity index (χ3n) is 5.14. The largest absolute Gasteiger partial charge is 0.326 e. The molecule has 0 heterocycles. The van der Waals surface area contributed by atoms with Gasteiger partial charge in [-0.05, 0) is 60.2 Å². The number of anilines is 2. The lowest BCUT2D eigenvalue weighted by Gasteiger charge is -2.10. The summed E-state index contributed by atoms with van der Waals surface area (Å²) in [5.41, 5.74) is 1.31. The molecule has 3 aromatic carbocycles. The SMILES string of the molecule is O=C(Nc1cccc(F)c1)c1cc(NC(=O)C2C(c3cc(Cl)cc(Cl)c3)C2(Cl)Cl)ccc1Cl. The fourth-order valence-corrected chi connectivity index (χ4v) is 5.16. The van der Waals surface area contributed by atoms with Crippen molar-refractivity contribution in [1.82, 2.24) is 0 Å². The second kappa shape index (κ2) is 9.32. The van der Waals surface area contributed by atoms with E-state index in [1.54, 1.807) is 18.2 Å². The zero-order valence-corrected chi connectivity index (χ0v) is 20.3. The van der Waals surface area contributed by atoms with Crippen molar-refractivity contribution in [3.05, 3.63) is 92.7 Å². The lowest BCUT2D eigenvalue weighted by molar-refractivity contribution is -0.117. The van der Waals surface area contributed by atoms with E-state index < -0.39 is 33.8 Å². The Hall–Kier alpha value is -2.02. The molecule has 4 nitrogen and oxygen atoms in total. The molecule has 33 heavy (non-hydrogen) atoms. The first-order chi connectivity index (χ1) is 15.6. The van der Waals surface area contributed by atoms with Crippen LogP contribution in [0.1, 0.15) is 21.8 Å². The van der Waals surface area contributed by atoms with Crippen molar-refractivity contribution in [2.45, 2.75) is 10.3 Å². The van der Waals surface area contributed by atoms with Crippen LogP contribution in [0.3, 0.4) is 0 Å². The van der Waals surface area contributed by atoms with Crippen molar-refractivity contribution in [1.29, 1.82) is 0 Å². The minimum Gasteiger partial charge on any atom is -0.326 e. The van der Waals surface area contributed by atoms with E-state index in [4.69, 9.17) is 58.0 Å². The summed E-state index contributed by atoms with van der Waals surface area (Å²) in [5.74, 6) is -2.79. The van der Waals surface area contributed by atoms with Crippen LogP contribution in [0.25, 0.3) is 0 Å². The molecule has 4 rings (SSSR count). The Morgan fingerprint density at radius 3 is 2.18 bits per heavy atom. The third kappa shape index (κ3) is 5.23. The van der Waals surface area contributed by atoms with Crippen molar-refractivity contribution in [3.63, 3.8) is 0 Å². The number of alkyl halides is 2. The highest BCUT2D eigenvalue weighted by Gasteiger charge is 2.67. The molecule has 10 heteroatoms. The van der Waals surface area contributed by atoms with Crippen LogP contribution < -0.4 is 10.6 Å². The Balaban J connectivity index is 1.51. The number of nitrogens with one attached hydrogen (secondary N) is 2. The van der Waals surface area contributed by atoms with Gasteiger partial charge in [-0.2, -0.15) is 0 Å². The molecule has 1 saturated carbocycles. The van der Waals surface area contributed by atoms with E-state index in [0.29, 0.717) is 21.3 Å². The van der Waals surface area contributed by atoms with Gasteiger partial charge in [0, 0.05) is 27.3 Å². The Kier molecular flexibility index (Phi) is 6.81. The van der Waals surface area contributed by atoms with Gasteiger partial charge in [0.1, 0.15) is 10.2 Å². The predicted octanol–water partition coefficient (Wildman–Crippen LogP) is 7.56. The molecule has 0 saturated heterocycles. The fourth-order valence-electron chi connectivity index (χ4n) is 3.58. The van der Waals surface area contributed by atoms with Crippen LogP contribution in [0.15, 0.2) is 60.7 Å². The molecular weight excluding hydrogens is 533 g/mol. The van der Waals surface area contributed by atoms with Gasteiger partial charge < -0.3 is 10.6 Å². The monoisotopic (exact) mass is 544 g/mol. The van der Waals surface area contributed by atoms with E-state index in [2.05, 4.69) is 10.6 Å². The molecule has 0 bridgehead atoms. The summed E-state index contributed by atoms with van der Waals surface area (Å²) in [6.45, 7) is 0. The second-order valence-corrected chi connectivity index (χ2v) is 10.2. The van der Waals surface area contributed by atoms with Gasteiger partial charge in [0.15, 0.2) is 0 Å². The quantitative estimate of drug-likeness (QED) is 0.325. The maximum Gasteiger partial charge on any atom is 0.257 e. The van der Waals surface area contributed by atoms with Crippen molar-refractivity contribution >= 4 is 81.2 Å². The number of hydrogen-bond acceptors (Lipinski definition) is 2. The van der Waals surface area contributed by atoms with Crippen LogP contribution in [0.5, 0.6) is 0 Å². The van der Waals surface area contributed by atoms with Gasteiger partial charge in [-0.25, -0.2) is 4.39 Å². The van der Waals surface area contributed by atoms with Crippen molar-refractivity contribution in [2.24, 2.45) is 5.92 Å². The average molecular weight is 547 g/mol. The molecule has 2 unspecified atom stereocenters. The zero-order valence-electron chi connectivity index (χ0n) is 16.5. The smallest absolute Gasteiger partial charge is 0.257 e. The van der Waals surface area contributed by atoms with E-state index in [-0.39, 0.29) is 16.3 Å². The molecule has 2 amide bonds. The van der Waals surface area contributed by atoms with Crippen molar-refractivity contribution in [2.75, 3.05) is 10.6 Å². The summed E-state index contributed by atoms with van der Waals surface area (Å²) in [6.07, 6.45) is 0. The Morgan fingerprint density at radius 1 is 0.848 bits per heavy atom. The first-order valence-electron chi connectivity index (χ1n) is 9.57. The summed E-state index contributed by atoms with van der Waals surface area (Å²) >= 11 is 31.1. The molecule has 170 valence electrons. The summed E-state index contributed by atoms with van der Waals surface area (Å²) in [7, 11) is 0. The highest BCUT2D eigenvalue weighted by atomic mass is 35.5. The molecule has 1 aliphatic carbocycles. The van der Waals surface area contributed by atoms with E-state index in [9.17, 15) is 14.0 Å². The number of benzene rings is 3. The van der Waals surface area contributed by atoms with E-state index >= 15 is 0 Å². The summed E-state index contributed by atoms with van der Waals surface area (Å²) in [5, 5.41) is 6.24. The van der Waals surface area contributed by atoms with Gasteiger partial charge in [-0.1, -0.05) is 40.9 Å². The van der Waals surface area contributed by atoms with E-state index in [1.165, 1.54) is 42.5 Å². The molecule has 2 atom stereocenters. The molecular formula is C23H14Cl5FN2O2.